The van der Waals surface area contributed by atoms with Crippen molar-refractivity contribution in [1.29, 1.82) is 0 Å². The summed E-state index contributed by atoms with van der Waals surface area (Å²) in [4.78, 5) is 25.6. The van der Waals surface area contributed by atoms with Crippen LogP contribution >= 0.6 is 0 Å². The molecular weight excluding hydrogens is 276 g/mol. The molecule has 1 heterocycles. The van der Waals surface area contributed by atoms with Gasteiger partial charge in [0.1, 0.15) is 11.2 Å². The van der Waals surface area contributed by atoms with Crippen LogP contribution in [0.25, 0.3) is 0 Å². The highest BCUT2D eigenvalue weighted by atomic mass is 16.5. The van der Waals surface area contributed by atoms with Crippen molar-refractivity contribution in [2.24, 2.45) is 5.41 Å². The lowest BCUT2D eigenvalue weighted by molar-refractivity contribution is -0.143. The van der Waals surface area contributed by atoms with E-state index in [1.807, 2.05) is 39.8 Å². The number of esters is 1. The van der Waals surface area contributed by atoms with E-state index < -0.39 is 11.4 Å². The van der Waals surface area contributed by atoms with E-state index in [0.29, 0.717) is 24.2 Å². The monoisotopic (exact) mass is 298 g/mol. The van der Waals surface area contributed by atoms with Crippen LogP contribution in [0.4, 0.5) is 0 Å². The summed E-state index contributed by atoms with van der Waals surface area (Å²) in [6, 6.07) is 6.95. The highest BCUT2D eigenvalue weighted by molar-refractivity contribution is 6.17. The summed E-state index contributed by atoms with van der Waals surface area (Å²) in [5, 5.41) is 0. The number of hydrogen-bond acceptors (Lipinski definition) is 3. The van der Waals surface area contributed by atoms with Gasteiger partial charge in [0.2, 0.25) is 0 Å². The van der Waals surface area contributed by atoms with Crippen molar-refractivity contribution in [2.75, 3.05) is 0 Å². The topological polar surface area (TPSA) is 43.4 Å². The molecule has 0 N–H and O–H groups in total. The van der Waals surface area contributed by atoms with E-state index in [-0.39, 0.29) is 5.78 Å². The van der Waals surface area contributed by atoms with Crippen molar-refractivity contribution in [3.63, 3.8) is 0 Å². The first-order chi connectivity index (χ1) is 10.4. The second-order valence-electron chi connectivity index (χ2n) is 6.27. The molecule has 22 heavy (non-hydrogen) atoms. The molecule has 0 atom stereocenters. The molecule has 0 fully saturated rings. The number of fused-ring (bicyclic) bond motifs is 1. The summed E-state index contributed by atoms with van der Waals surface area (Å²) in [5.74, 6) is -0.233. The van der Waals surface area contributed by atoms with E-state index in [9.17, 15) is 9.59 Å². The summed E-state index contributed by atoms with van der Waals surface area (Å²) in [5.41, 5.74) is 1.50. The van der Waals surface area contributed by atoms with Gasteiger partial charge in [-0.25, -0.2) is 0 Å². The van der Waals surface area contributed by atoms with Crippen LogP contribution in [0.2, 0.25) is 0 Å². The molecule has 1 aliphatic rings. The molecule has 0 saturated heterocycles. The summed E-state index contributed by atoms with van der Waals surface area (Å²) < 4.78 is 5.46. The summed E-state index contributed by atoms with van der Waals surface area (Å²) in [6.45, 7) is 7.84. The Balaban J connectivity index is 2.52. The Morgan fingerprint density at radius 3 is 2.09 bits per heavy atom. The van der Waals surface area contributed by atoms with Crippen molar-refractivity contribution in [1.82, 2.24) is 0 Å². The van der Waals surface area contributed by atoms with Gasteiger partial charge in [-0.1, -0.05) is 35.4 Å². The summed E-state index contributed by atoms with van der Waals surface area (Å²) >= 11 is 0. The van der Waals surface area contributed by atoms with Crippen LogP contribution in [0, 0.1) is 5.41 Å². The fraction of sp³-hybridized carbons (Fsp3) is 0.368. The van der Waals surface area contributed by atoms with Crippen LogP contribution in [0.5, 0.6) is 5.75 Å². The Morgan fingerprint density at radius 1 is 1.00 bits per heavy atom. The third-order valence-electron chi connectivity index (χ3n) is 3.88. The van der Waals surface area contributed by atoms with E-state index in [4.69, 9.17) is 4.74 Å². The van der Waals surface area contributed by atoms with Gasteiger partial charge in [0.05, 0.1) is 5.56 Å². The highest BCUT2D eigenvalue weighted by Gasteiger charge is 2.50. The number of allylic oxidation sites excluding steroid dienone is 4. The average molecular weight is 298 g/mol. The molecule has 0 bridgehead atoms. The van der Waals surface area contributed by atoms with Crippen molar-refractivity contribution >= 4 is 11.8 Å². The molecule has 1 aliphatic heterocycles. The third kappa shape index (κ3) is 3.03. The maximum absolute atomic E-state index is 13.0. The molecule has 116 valence electrons. The molecule has 1 aromatic rings. The molecule has 0 radical (unpaired) electrons. The van der Waals surface area contributed by atoms with Gasteiger partial charge in [0.15, 0.2) is 5.78 Å². The summed E-state index contributed by atoms with van der Waals surface area (Å²) in [7, 11) is 0. The van der Waals surface area contributed by atoms with Gasteiger partial charge in [-0.15, -0.1) is 0 Å². The zero-order chi connectivity index (χ0) is 16.3. The zero-order valence-corrected chi connectivity index (χ0v) is 13.6. The van der Waals surface area contributed by atoms with E-state index in [1.54, 1.807) is 24.3 Å². The number of para-hydroxylation sites is 1. The molecule has 0 spiro atoms. The molecule has 0 aromatic heterocycles. The maximum Gasteiger partial charge on any atom is 0.326 e. The molecule has 0 amide bonds. The van der Waals surface area contributed by atoms with Crippen LogP contribution in [-0.4, -0.2) is 11.8 Å². The normalized spacial score (nSPS) is 15.6. The predicted octanol–water partition coefficient (Wildman–Crippen LogP) is 4.49. The minimum absolute atomic E-state index is 0.144. The fourth-order valence-electron chi connectivity index (χ4n) is 2.48. The molecular formula is C19H22O3. The molecule has 3 nitrogen and oxygen atoms in total. The van der Waals surface area contributed by atoms with E-state index in [1.165, 1.54) is 0 Å². The second kappa shape index (κ2) is 6.30. The number of benzene rings is 1. The van der Waals surface area contributed by atoms with Gasteiger partial charge in [0.25, 0.3) is 0 Å². The standard InChI is InChI=1S/C19H22O3/c1-13(2)9-11-19(12-10-14(3)4)17(20)15-7-5-6-8-16(15)22-18(19)21/h5-10H,11-12H2,1-4H3. The van der Waals surface area contributed by atoms with Crippen LogP contribution < -0.4 is 4.74 Å². The highest BCUT2D eigenvalue weighted by Crippen LogP contribution is 2.41. The lowest BCUT2D eigenvalue weighted by Crippen LogP contribution is -2.45. The zero-order valence-electron chi connectivity index (χ0n) is 13.6. The smallest absolute Gasteiger partial charge is 0.326 e. The number of ether oxygens (including phenoxy) is 1. The van der Waals surface area contributed by atoms with Gasteiger partial charge < -0.3 is 4.74 Å². The number of ketones is 1. The predicted molar refractivity (Wildman–Crippen MR) is 86.9 cm³/mol. The molecule has 0 unspecified atom stereocenters. The quantitative estimate of drug-likeness (QED) is 0.356. The van der Waals surface area contributed by atoms with Gasteiger partial charge in [-0.2, -0.15) is 0 Å². The van der Waals surface area contributed by atoms with Crippen molar-refractivity contribution in [3.05, 3.63) is 53.1 Å². The Kier molecular flexibility index (Phi) is 4.65. The van der Waals surface area contributed by atoms with Crippen molar-refractivity contribution < 1.29 is 14.3 Å². The van der Waals surface area contributed by atoms with E-state index in [0.717, 1.165) is 11.1 Å². The van der Waals surface area contributed by atoms with E-state index >= 15 is 0 Å². The number of carbonyl (C=O) groups is 2. The van der Waals surface area contributed by atoms with Gasteiger partial charge in [0, 0.05) is 0 Å². The minimum Gasteiger partial charge on any atom is -0.425 e. The number of rotatable bonds is 4. The fourth-order valence-corrected chi connectivity index (χ4v) is 2.48. The van der Waals surface area contributed by atoms with Crippen molar-refractivity contribution in [2.45, 2.75) is 40.5 Å². The largest absolute Gasteiger partial charge is 0.425 e. The molecule has 1 aromatic carbocycles. The first-order valence-electron chi connectivity index (χ1n) is 7.49. The lowest BCUT2D eigenvalue weighted by atomic mass is 9.72. The maximum atomic E-state index is 13.0. The molecule has 0 saturated carbocycles. The van der Waals surface area contributed by atoms with Crippen LogP contribution in [0.15, 0.2) is 47.6 Å². The third-order valence-corrected chi connectivity index (χ3v) is 3.88. The molecule has 2 rings (SSSR count). The SMILES string of the molecule is CC(C)=CCC1(CC=C(C)C)C(=O)Oc2ccccc2C1=O. The Morgan fingerprint density at radius 2 is 1.55 bits per heavy atom. The van der Waals surface area contributed by atoms with Gasteiger partial charge >= 0.3 is 5.97 Å². The minimum atomic E-state index is -1.15. The van der Waals surface area contributed by atoms with Crippen LogP contribution in [0.3, 0.4) is 0 Å². The lowest BCUT2D eigenvalue weighted by Gasteiger charge is -2.33. The Bertz CT molecular complexity index is 637. The second-order valence-corrected chi connectivity index (χ2v) is 6.27. The van der Waals surface area contributed by atoms with Crippen LogP contribution in [0.1, 0.15) is 50.9 Å². The molecule has 3 heteroatoms. The van der Waals surface area contributed by atoms with Crippen molar-refractivity contribution in [3.8, 4) is 5.75 Å². The Labute approximate surface area is 131 Å². The first kappa shape index (κ1) is 16.2. The van der Waals surface area contributed by atoms with Gasteiger partial charge in [-0.3, -0.25) is 9.59 Å². The van der Waals surface area contributed by atoms with Gasteiger partial charge in [-0.05, 0) is 52.7 Å². The van der Waals surface area contributed by atoms with Crippen LogP contribution in [-0.2, 0) is 4.79 Å². The Hall–Kier alpha value is -2.16. The summed E-state index contributed by atoms with van der Waals surface area (Å²) in [6.07, 6.45) is 4.61. The number of carbonyl (C=O) groups excluding carboxylic acids is 2. The average Bonchev–Trinajstić information content (AvgIpc) is 2.46. The first-order valence-corrected chi connectivity index (χ1v) is 7.49. The number of hydrogen-bond donors (Lipinski definition) is 0. The molecule has 0 aliphatic carbocycles. The number of Topliss-reactive ketones (excluding diaryl/α,β-unsaturated/α-hetero) is 1. The van der Waals surface area contributed by atoms with E-state index in [2.05, 4.69) is 0 Å².